The van der Waals surface area contributed by atoms with Gasteiger partial charge in [0.05, 0.1) is 5.75 Å². The molecule has 5 heteroatoms. The molecule has 2 rings (SSSR count). The molecule has 2 aromatic carbocycles. The van der Waals surface area contributed by atoms with Crippen LogP contribution in [0.15, 0.2) is 48.5 Å². The summed E-state index contributed by atoms with van der Waals surface area (Å²) in [4.78, 5) is 27.1. The lowest BCUT2D eigenvalue weighted by atomic mass is 10.1. The highest BCUT2D eigenvalue weighted by Crippen LogP contribution is 2.18. The Labute approximate surface area is 172 Å². The number of rotatable bonds is 9. The number of nitrogens with one attached hydrogen (secondary N) is 1. The van der Waals surface area contributed by atoms with E-state index in [0.717, 1.165) is 16.9 Å². The van der Waals surface area contributed by atoms with Crippen LogP contribution >= 0.6 is 11.8 Å². The molecule has 0 fully saturated rings. The van der Waals surface area contributed by atoms with Crippen molar-refractivity contribution in [3.8, 4) is 0 Å². The fourth-order valence-electron chi connectivity index (χ4n) is 3.02. The number of carbonyl (C=O) groups excluding carboxylic acids is 2. The predicted octanol–water partition coefficient (Wildman–Crippen LogP) is 4.09. The molecule has 1 atom stereocenters. The van der Waals surface area contributed by atoms with Crippen molar-refractivity contribution in [1.82, 2.24) is 10.2 Å². The van der Waals surface area contributed by atoms with E-state index in [-0.39, 0.29) is 11.8 Å². The van der Waals surface area contributed by atoms with Crippen LogP contribution in [0, 0.1) is 13.8 Å². The normalized spacial score (nSPS) is 11.7. The molecule has 0 aromatic heterocycles. The number of nitrogens with zero attached hydrogens (tertiary/aromatic N) is 1. The minimum atomic E-state index is -0.508. The van der Waals surface area contributed by atoms with Crippen LogP contribution < -0.4 is 5.32 Å². The molecule has 0 bridgehead atoms. The number of aryl methyl sites for hydroxylation is 2. The van der Waals surface area contributed by atoms with Gasteiger partial charge in [0.2, 0.25) is 11.8 Å². The number of hydrogen-bond donors (Lipinski definition) is 1. The second kappa shape index (κ2) is 10.9. The van der Waals surface area contributed by atoms with Gasteiger partial charge < -0.3 is 10.2 Å². The molecule has 0 aliphatic heterocycles. The maximum Gasteiger partial charge on any atom is 0.242 e. The summed E-state index contributed by atoms with van der Waals surface area (Å²) >= 11 is 1.59. The summed E-state index contributed by atoms with van der Waals surface area (Å²) in [6, 6.07) is 15.8. The minimum absolute atomic E-state index is 0.0142. The number of likely N-dealkylation sites (N-methyl/N-ethyl adjacent to an activating group) is 1. The highest BCUT2D eigenvalue weighted by atomic mass is 32.2. The highest BCUT2D eigenvalue weighted by molar-refractivity contribution is 7.99. The van der Waals surface area contributed by atoms with Crippen molar-refractivity contribution in [3.63, 3.8) is 0 Å². The van der Waals surface area contributed by atoms with E-state index in [4.69, 9.17) is 0 Å². The molecule has 150 valence electrons. The summed E-state index contributed by atoms with van der Waals surface area (Å²) in [5, 5.41) is 2.83. The van der Waals surface area contributed by atoms with Crippen LogP contribution in [0.3, 0.4) is 0 Å². The molecule has 0 saturated heterocycles. The van der Waals surface area contributed by atoms with Crippen LogP contribution in [-0.2, 0) is 21.9 Å². The number of hydrogen-bond acceptors (Lipinski definition) is 3. The van der Waals surface area contributed by atoms with Gasteiger partial charge in [-0.3, -0.25) is 9.59 Å². The minimum Gasteiger partial charge on any atom is -0.355 e. The van der Waals surface area contributed by atoms with Crippen molar-refractivity contribution in [2.75, 3.05) is 12.3 Å². The van der Waals surface area contributed by atoms with Gasteiger partial charge in [-0.1, -0.05) is 54.1 Å². The van der Waals surface area contributed by atoms with Gasteiger partial charge in [0, 0.05) is 18.8 Å². The van der Waals surface area contributed by atoms with Gasteiger partial charge in [-0.05, 0) is 44.4 Å². The molecule has 4 nitrogen and oxygen atoms in total. The summed E-state index contributed by atoms with van der Waals surface area (Å²) < 4.78 is 0. The third-order valence-electron chi connectivity index (χ3n) is 4.70. The topological polar surface area (TPSA) is 49.4 Å². The lowest BCUT2D eigenvalue weighted by molar-refractivity contribution is -0.138. The molecule has 0 saturated carbocycles. The summed E-state index contributed by atoms with van der Waals surface area (Å²) in [5.41, 5.74) is 4.61. The lowest BCUT2D eigenvalue weighted by Crippen LogP contribution is -2.48. The maximum atomic E-state index is 13.0. The molecule has 0 heterocycles. The van der Waals surface area contributed by atoms with Crippen molar-refractivity contribution in [3.05, 3.63) is 70.8 Å². The second-order valence-corrected chi connectivity index (χ2v) is 7.99. The third-order valence-corrected chi connectivity index (χ3v) is 5.69. The smallest absolute Gasteiger partial charge is 0.242 e. The van der Waals surface area contributed by atoms with E-state index in [1.807, 2.05) is 44.2 Å². The Balaban J connectivity index is 2.07. The fourth-order valence-corrected chi connectivity index (χ4v) is 3.87. The highest BCUT2D eigenvalue weighted by Gasteiger charge is 2.26. The zero-order valence-electron chi connectivity index (χ0n) is 17.2. The first-order valence-corrected chi connectivity index (χ1v) is 10.8. The Morgan fingerprint density at radius 2 is 1.86 bits per heavy atom. The van der Waals surface area contributed by atoms with Crippen molar-refractivity contribution >= 4 is 23.6 Å². The van der Waals surface area contributed by atoms with Gasteiger partial charge in [0.1, 0.15) is 6.04 Å². The lowest BCUT2D eigenvalue weighted by Gasteiger charge is -2.29. The van der Waals surface area contributed by atoms with Crippen LogP contribution in [0.4, 0.5) is 0 Å². The van der Waals surface area contributed by atoms with Crippen LogP contribution in [0.5, 0.6) is 0 Å². The quantitative estimate of drug-likeness (QED) is 0.692. The average molecular weight is 399 g/mol. The monoisotopic (exact) mass is 398 g/mol. The third kappa shape index (κ3) is 6.41. The second-order valence-electron chi connectivity index (χ2n) is 7.00. The SMILES string of the molecule is CCNC(=O)[C@H](C)N(Cc1ccccc1C)C(=O)CSCc1cccc(C)c1. The standard InChI is InChI=1S/C23H30N2O2S/c1-5-24-23(27)19(4)25(14-21-12-7-6-10-18(21)3)22(26)16-28-15-20-11-8-9-17(2)13-20/h6-13,19H,5,14-16H2,1-4H3,(H,24,27)/t19-/m0/s1. The Bertz CT molecular complexity index is 807. The molecular formula is C23H30N2O2S. The predicted molar refractivity (Wildman–Crippen MR) is 117 cm³/mol. The van der Waals surface area contributed by atoms with Gasteiger partial charge in [-0.15, -0.1) is 11.8 Å². The van der Waals surface area contributed by atoms with E-state index in [0.29, 0.717) is 18.8 Å². The van der Waals surface area contributed by atoms with Crippen molar-refractivity contribution in [1.29, 1.82) is 0 Å². The Morgan fingerprint density at radius 3 is 2.54 bits per heavy atom. The number of carbonyl (C=O) groups is 2. The van der Waals surface area contributed by atoms with Gasteiger partial charge in [-0.2, -0.15) is 0 Å². The summed E-state index contributed by atoms with van der Waals surface area (Å²) in [7, 11) is 0. The molecule has 0 aliphatic carbocycles. The molecule has 0 aliphatic rings. The maximum absolute atomic E-state index is 13.0. The van der Waals surface area contributed by atoms with E-state index < -0.39 is 6.04 Å². The van der Waals surface area contributed by atoms with Crippen LogP contribution in [-0.4, -0.2) is 35.1 Å². The Kier molecular flexibility index (Phi) is 8.58. The first-order chi connectivity index (χ1) is 13.4. The molecule has 0 spiro atoms. The molecule has 2 amide bonds. The molecule has 2 aromatic rings. The van der Waals surface area contributed by atoms with E-state index in [1.165, 1.54) is 11.1 Å². The Hall–Kier alpha value is -2.27. The Morgan fingerprint density at radius 1 is 1.11 bits per heavy atom. The van der Waals surface area contributed by atoms with Gasteiger partial charge >= 0.3 is 0 Å². The van der Waals surface area contributed by atoms with E-state index in [1.54, 1.807) is 23.6 Å². The zero-order chi connectivity index (χ0) is 20.5. The molecule has 1 N–H and O–H groups in total. The molecule has 0 radical (unpaired) electrons. The number of amides is 2. The molecule has 28 heavy (non-hydrogen) atoms. The largest absolute Gasteiger partial charge is 0.355 e. The molecule has 0 unspecified atom stereocenters. The van der Waals surface area contributed by atoms with Crippen molar-refractivity contribution in [2.24, 2.45) is 0 Å². The summed E-state index contributed by atoms with van der Waals surface area (Å²) in [6.07, 6.45) is 0. The zero-order valence-corrected chi connectivity index (χ0v) is 18.0. The van der Waals surface area contributed by atoms with Crippen LogP contribution in [0.25, 0.3) is 0 Å². The van der Waals surface area contributed by atoms with Gasteiger partial charge in [-0.25, -0.2) is 0 Å². The van der Waals surface area contributed by atoms with Gasteiger partial charge in [0.25, 0.3) is 0 Å². The first-order valence-electron chi connectivity index (χ1n) is 9.67. The first kappa shape index (κ1) is 22.0. The van der Waals surface area contributed by atoms with E-state index >= 15 is 0 Å². The number of benzene rings is 2. The van der Waals surface area contributed by atoms with Crippen LogP contribution in [0.1, 0.15) is 36.1 Å². The summed E-state index contributed by atoms with van der Waals surface area (Å²) in [5.74, 6) is 0.998. The van der Waals surface area contributed by atoms with E-state index in [2.05, 4.69) is 30.4 Å². The number of thioether (sulfide) groups is 1. The van der Waals surface area contributed by atoms with Gasteiger partial charge in [0.15, 0.2) is 0 Å². The van der Waals surface area contributed by atoms with Crippen LogP contribution in [0.2, 0.25) is 0 Å². The van der Waals surface area contributed by atoms with E-state index in [9.17, 15) is 9.59 Å². The van der Waals surface area contributed by atoms with Crippen molar-refractivity contribution < 1.29 is 9.59 Å². The summed E-state index contributed by atoms with van der Waals surface area (Å²) in [6.45, 7) is 8.77. The average Bonchev–Trinajstić information content (AvgIpc) is 2.67. The van der Waals surface area contributed by atoms with Crippen molar-refractivity contribution in [2.45, 2.75) is 46.0 Å². The molecular weight excluding hydrogens is 368 g/mol. The fraction of sp³-hybridized carbons (Fsp3) is 0.391.